The molecule has 0 saturated carbocycles. The van der Waals surface area contributed by atoms with Gasteiger partial charge in [-0.05, 0) is 32.4 Å². The van der Waals surface area contributed by atoms with Crippen molar-refractivity contribution in [2.24, 2.45) is 0 Å². The number of hydrogen-bond acceptors (Lipinski definition) is 2. The molecule has 1 N–H and O–H groups in total. The summed E-state index contributed by atoms with van der Waals surface area (Å²) in [5.41, 5.74) is 2.02. The van der Waals surface area contributed by atoms with Crippen LogP contribution in [-0.2, 0) is 0 Å². The van der Waals surface area contributed by atoms with E-state index in [0.29, 0.717) is 5.56 Å². The smallest absolute Gasteiger partial charge is 0.101 e. The number of nitrogens with one attached hydrogen (secondary N) is 1. The SMILES string of the molecule is C#CC(C)(C)Nc1c(C)cccc1C#N. The Morgan fingerprint density at radius 1 is 1.40 bits per heavy atom. The zero-order valence-corrected chi connectivity index (χ0v) is 9.26. The van der Waals surface area contributed by atoms with Gasteiger partial charge in [-0.3, -0.25) is 0 Å². The summed E-state index contributed by atoms with van der Waals surface area (Å²) >= 11 is 0. The van der Waals surface area contributed by atoms with Crippen LogP contribution in [0.5, 0.6) is 0 Å². The Kier molecular flexibility index (Phi) is 3.02. The molecular formula is C13H14N2. The van der Waals surface area contributed by atoms with Crippen LogP contribution in [-0.4, -0.2) is 5.54 Å². The number of benzene rings is 1. The molecule has 0 spiro atoms. The molecule has 0 saturated heterocycles. The Hall–Kier alpha value is -1.93. The van der Waals surface area contributed by atoms with Crippen LogP contribution in [0.4, 0.5) is 5.69 Å². The van der Waals surface area contributed by atoms with Crippen LogP contribution in [0, 0.1) is 30.6 Å². The first kappa shape index (κ1) is 11.1. The van der Waals surface area contributed by atoms with Crippen LogP contribution in [0.25, 0.3) is 0 Å². The molecular weight excluding hydrogens is 184 g/mol. The van der Waals surface area contributed by atoms with E-state index >= 15 is 0 Å². The van der Waals surface area contributed by atoms with Crippen molar-refractivity contribution < 1.29 is 0 Å². The molecule has 0 radical (unpaired) electrons. The third-order valence-corrected chi connectivity index (χ3v) is 2.19. The highest BCUT2D eigenvalue weighted by Gasteiger charge is 2.16. The molecule has 15 heavy (non-hydrogen) atoms. The van der Waals surface area contributed by atoms with Crippen LogP contribution in [0.15, 0.2) is 18.2 Å². The van der Waals surface area contributed by atoms with Gasteiger partial charge in [-0.2, -0.15) is 5.26 Å². The molecule has 0 amide bonds. The van der Waals surface area contributed by atoms with E-state index in [4.69, 9.17) is 11.7 Å². The Balaban J connectivity index is 3.16. The first-order valence-electron chi connectivity index (χ1n) is 4.76. The summed E-state index contributed by atoms with van der Waals surface area (Å²) in [7, 11) is 0. The summed E-state index contributed by atoms with van der Waals surface area (Å²) in [6.07, 6.45) is 5.40. The zero-order chi connectivity index (χ0) is 11.5. The maximum atomic E-state index is 8.97. The highest BCUT2D eigenvalue weighted by atomic mass is 15.0. The number of aryl methyl sites for hydroxylation is 1. The van der Waals surface area contributed by atoms with E-state index in [1.165, 1.54) is 0 Å². The summed E-state index contributed by atoms with van der Waals surface area (Å²) in [4.78, 5) is 0. The molecule has 1 rings (SSSR count). The van der Waals surface area contributed by atoms with Gasteiger partial charge in [0, 0.05) is 0 Å². The van der Waals surface area contributed by atoms with Gasteiger partial charge in [0.05, 0.1) is 16.8 Å². The van der Waals surface area contributed by atoms with E-state index in [2.05, 4.69) is 17.3 Å². The highest BCUT2D eigenvalue weighted by molar-refractivity contribution is 5.64. The quantitative estimate of drug-likeness (QED) is 0.741. The molecule has 0 aliphatic carbocycles. The van der Waals surface area contributed by atoms with Crippen molar-refractivity contribution in [2.75, 3.05) is 5.32 Å². The second-order valence-electron chi connectivity index (χ2n) is 4.00. The van der Waals surface area contributed by atoms with E-state index in [9.17, 15) is 0 Å². The molecule has 0 aromatic heterocycles. The first-order chi connectivity index (χ1) is 7.00. The summed E-state index contributed by atoms with van der Waals surface area (Å²) < 4.78 is 0. The molecule has 2 heteroatoms. The Morgan fingerprint density at radius 2 is 2.07 bits per heavy atom. The molecule has 0 unspecified atom stereocenters. The Labute approximate surface area is 90.9 Å². The highest BCUT2D eigenvalue weighted by Crippen LogP contribution is 2.23. The third kappa shape index (κ3) is 2.51. The van der Waals surface area contributed by atoms with E-state index in [0.717, 1.165) is 11.3 Å². The van der Waals surface area contributed by atoms with Crippen molar-refractivity contribution >= 4 is 5.69 Å². The van der Waals surface area contributed by atoms with Crippen LogP contribution >= 0.6 is 0 Å². The van der Waals surface area contributed by atoms with Crippen molar-refractivity contribution in [3.8, 4) is 18.4 Å². The average molecular weight is 198 g/mol. The maximum absolute atomic E-state index is 8.97. The summed E-state index contributed by atoms with van der Waals surface area (Å²) in [6, 6.07) is 7.75. The lowest BCUT2D eigenvalue weighted by Gasteiger charge is -2.23. The van der Waals surface area contributed by atoms with Gasteiger partial charge in [-0.25, -0.2) is 0 Å². The maximum Gasteiger partial charge on any atom is 0.101 e. The first-order valence-corrected chi connectivity index (χ1v) is 4.76. The molecule has 0 aliphatic rings. The van der Waals surface area contributed by atoms with Crippen LogP contribution in [0.2, 0.25) is 0 Å². The van der Waals surface area contributed by atoms with E-state index in [1.807, 2.05) is 32.9 Å². The Morgan fingerprint density at radius 3 is 2.60 bits per heavy atom. The van der Waals surface area contributed by atoms with E-state index in [-0.39, 0.29) is 0 Å². The zero-order valence-electron chi connectivity index (χ0n) is 9.26. The number of nitrogens with zero attached hydrogens (tertiary/aromatic N) is 1. The molecule has 0 fully saturated rings. The topological polar surface area (TPSA) is 35.8 Å². The molecule has 0 atom stereocenters. The number of hydrogen-bond donors (Lipinski definition) is 1. The fourth-order valence-corrected chi connectivity index (χ4v) is 1.28. The second kappa shape index (κ2) is 4.07. The van der Waals surface area contributed by atoms with Crippen LogP contribution in [0.1, 0.15) is 25.0 Å². The summed E-state index contributed by atoms with van der Waals surface area (Å²) in [6.45, 7) is 5.76. The minimum absolute atomic E-state index is 0.447. The van der Waals surface area contributed by atoms with Gasteiger partial charge in [-0.15, -0.1) is 6.42 Å². The lowest BCUT2D eigenvalue weighted by atomic mass is 10.0. The van der Waals surface area contributed by atoms with Crippen LogP contribution < -0.4 is 5.32 Å². The lowest BCUT2D eigenvalue weighted by molar-refractivity contribution is 0.740. The molecule has 1 aromatic rings. The number of anilines is 1. The van der Waals surface area contributed by atoms with E-state index in [1.54, 1.807) is 6.07 Å². The average Bonchev–Trinajstić information content (AvgIpc) is 2.21. The standard InChI is InChI=1S/C13H14N2/c1-5-13(3,4)15-12-10(2)7-6-8-11(12)9-14/h1,6-8,15H,2-4H3. The third-order valence-electron chi connectivity index (χ3n) is 2.19. The summed E-state index contributed by atoms with van der Waals surface area (Å²) in [5.74, 6) is 2.65. The van der Waals surface area contributed by atoms with Crippen molar-refractivity contribution in [3.05, 3.63) is 29.3 Å². The lowest BCUT2D eigenvalue weighted by Crippen LogP contribution is -2.29. The van der Waals surface area contributed by atoms with Crippen molar-refractivity contribution in [3.63, 3.8) is 0 Å². The molecule has 76 valence electrons. The fraction of sp³-hybridized carbons (Fsp3) is 0.308. The number of rotatable bonds is 2. The predicted molar refractivity (Wildman–Crippen MR) is 62.4 cm³/mol. The van der Waals surface area contributed by atoms with Crippen molar-refractivity contribution in [2.45, 2.75) is 26.3 Å². The van der Waals surface area contributed by atoms with Gasteiger partial charge >= 0.3 is 0 Å². The largest absolute Gasteiger partial charge is 0.368 e. The molecule has 1 aromatic carbocycles. The molecule has 0 bridgehead atoms. The monoisotopic (exact) mass is 198 g/mol. The minimum Gasteiger partial charge on any atom is -0.368 e. The predicted octanol–water partition coefficient (Wildman–Crippen LogP) is 2.69. The van der Waals surface area contributed by atoms with Crippen LogP contribution in [0.3, 0.4) is 0 Å². The van der Waals surface area contributed by atoms with E-state index < -0.39 is 5.54 Å². The number of para-hydroxylation sites is 1. The fourth-order valence-electron chi connectivity index (χ4n) is 1.28. The second-order valence-corrected chi connectivity index (χ2v) is 4.00. The number of nitriles is 1. The normalized spacial score (nSPS) is 10.2. The molecule has 0 aliphatic heterocycles. The van der Waals surface area contributed by atoms with Gasteiger partial charge in [0.2, 0.25) is 0 Å². The molecule has 0 heterocycles. The van der Waals surface area contributed by atoms with Gasteiger partial charge < -0.3 is 5.32 Å². The van der Waals surface area contributed by atoms with Gasteiger partial charge in [0.25, 0.3) is 0 Å². The van der Waals surface area contributed by atoms with Crippen molar-refractivity contribution in [1.82, 2.24) is 0 Å². The number of terminal acetylenes is 1. The van der Waals surface area contributed by atoms with Gasteiger partial charge in [0.15, 0.2) is 0 Å². The minimum atomic E-state index is -0.447. The van der Waals surface area contributed by atoms with Crippen molar-refractivity contribution in [1.29, 1.82) is 5.26 Å². The Bertz CT molecular complexity index is 445. The molecule has 2 nitrogen and oxygen atoms in total. The van der Waals surface area contributed by atoms with Gasteiger partial charge in [0.1, 0.15) is 6.07 Å². The van der Waals surface area contributed by atoms with Gasteiger partial charge in [-0.1, -0.05) is 18.1 Å². The summed E-state index contributed by atoms with van der Waals surface area (Å²) in [5, 5.41) is 12.2.